The molecule has 0 aliphatic heterocycles. The number of benzene rings is 1. The van der Waals surface area contributed by atoms with Crippen LogP contribution in [0.15, 0.2) is 33.5 Å². The van der Waals surface area contributed by atoms with E-state index in [2.05, 4.69) is 5.32 Å². The maximum absolute atomic E-state index is 12.8. The maximum Gasteiger partial charge on any atom is 0.419 e. The topological polar surface area (TPSA) is 64.2 Å². The second-order valence-electron chi connectivity index (χ2n) is 6.41. The Morgan fingerprint density at radius 2 is 2.04 bits per heavy atom. The smallest absolute Gasteiger partial charge is 0.408 e. The Hall–Kier alpha value is -2.25. The number of oxazole rings is 1. The third-order valence-corrected chi connectivity index (χ3v) is 4.64. The fraction of sp³-hybridized carbons (Fsp3) is 0.529. The Bertz CT molecular complexity index is 809. The number of para-hydroxylation sites is 2. The van der Waals surface area contributed by atoms with Gasteiger partial charge in [-0.05, 0) is 31.4 Å². The molecule has 1 amide bonds. The maximum atomic E-state index is 12.8. The lowest BCUT2D eigenvalue weighted by Crippen LogP contribution is -2.41. The van der Waals surface area contributed by atoms with Crippen molar-refractivity contribution < 1.29 is 22.4 Å². The molecule has 3 rings (SSSR count). The molecule has 0 radical (unpaired) electrons. The van der Waals surface area contributed by atoms with Gasteiger partial charge in [0.15, 0.2) is 5.58 Å². The summed E-state index contributed by atoms with van der Waals surface area (Å²) in [7, 11) is 0. The summed E-state index contributed by atoms with van der Waals surface area (Å²) in [6, 6.07) is 6.40. The molecule has 136 valence electrons. The van der Waals surface area contributed by atoms with Crippen molar-refractivity contribution in [2.75, 3.05) is 0 Å². The van der Waals surface area contributed by atoms with Gasteiger partial charge in [-0.3, -0.25) is 9.36 Å². The van der Waals surface area contributed by atoms with Gasteiger partial charge in [-0.2, -0.15) is 13.2 Å². The number of carbonyl (C=O) groups excluding carboxylic acids is 1. The second-order valence-corrected chi connectivity index (χ2v) is 6.41. The average Bonchev–Trinajstić information content (AvgIpc) is 2.87. The molecular weight excluding hydrogens is 337 g/mol. The number of carbonyl (C=O) groups is 1. The largest absolute Gasteiger partial charge is 0.419 e. The van der Waals surface area contributed by atoms with E-state index in [1.165, 1.54) is 4.57 Å². The molecule has 1 heterocycles. The molecule has 0 unspecified atom stereocenters. The number of nitrogens with one attached hydrogen (secondary N) is 1. The minimum Gasteiger partial charge on any atom is -0.408 e. The van der Waals surface area contributed by atoms with Gasteiger partial charge >= 0.3 is 11.9 Å². The highest BCUT2D eigenvalue weighted by molar-refractivity contribution is 5.77. The number of nitrogens with zero attached hydrogens (tertiary/aromatic N) is 1. The highest BCUT2D eigenvalue weighted by Gasteiger charge is 2.42. The van der Waals surface area contributed by atoms with Crippen LogP contribution in [0.1, 0.15) is 32.1 Å². The second kappa shape index (κ2) is 6.93. The summed E-state index contributed by atoms with van der Waals surface area (Å²) < 4.78 is 44.9. The molecule has 1 saturated carbocycles. The van der Waals surface area contributed by atoms with Crippen molar-refractivity contribution in [3.05, 3.63) is 34.8 Å². The van der Waals surface area contributed by atoms with Crippen LogP contribution in [-0.4, -0.2) is 22.7 Å². The summed E-state index contributed by atoms with van der Waals surface area (Å²) in [5.74, 6) is -2.26. The van der Waals surface area contributed by atoms with E-state index >= 15 is 0 Å². The Kier molecular flexibility index (Phi) is 4.87. The van der Waals surface area contributed by atoms with Crippen LogP contribution in [0.25, 0.3) is 11.1 Å². The van der Waals surface area contributed by atoms with E-state index in [0.717, 1.165) is 0 Å². The highest BCUT2D eigenvalue weighted by atomic mass is 19.4. The van der Waals surface area contributed by atoms with Crippen LogP contribution < -0.4 is 11.1 Å². The summed E-state index contributed by atoms with van der Waals surface area (Å²) in [5.41, 5.74) is 1.03. The quantitative estimate of drug-likeness (QED) is 0.915. The van der Waals surface area contributed by atoms with Crippen LogP contribution in [0.5, 0.6) is 0 Å². The first-order valence-electron chi connectivity index (χ1n) is 8.29. The Labute approximate surface area is 141 Å². The lowest BCUT2D eigenvalue weighted by molar-refractivity contribution is -0.184. The zero-order valence-corrected chi connectivity index (χ0v) is 13.5. The molecule has 5 nitrogen and oxygen atoms in total. The van der Waals surface area contributed by atoms with Gasteiger partial charge < -0.3 is 9.73 Å². The Morgan fingerprint density at radius 3 is 2.80 bits per heavy atom. The molecule has 1 aromatic carbocycles. The SMILES string of the molecule is O=C(CCn1c(=O)oc2ccccc21)N[C@@H]1CCC[C@@H](C(F)(F)F)C1. The Morgan fingerprint density at radius 1 is 1.28 bits per heavy atom. The summed E-state index contributed by atoms with van der Waals surface area (Å²) in [5, 5.41) is 2.67. The van der Waals surface area contributed by atoms with Crippen molar-refractivity contribution in [2.45, 2.75) is 50.9 Å². The van der Waals surface area contributed by atoms with Gasteiger partial charge in [0.1, 0.15) is 0 Å². The van der Waals surface area contributed by atoms with E-state index in [4.69, 9.17) is 4.42 Å². The van der Waals surface area contributed by atoms with Gasteiger partial charge in [-0.15, -0.1) is 0 Å². The van der Waals surface area contributed by atoms with Crippen molar-refractivity contribution in [3.8, 4) is 0 Å². The van der Waals surface area contributed by atoms with Crippen LogP contribution >= 0.6 is 0 Å². The Balaban J connectivity index is 1.58. The van der Waals surface area contributed by atoms with Crippen molar-refractivity contribution in [2.24, 2.45) is 5.92 Å². The van der Waals surface area contributed by atoms with E-state index in [1.807, 2.05) is 0 Å². The van der Waals surface area contributed by atoms with Gasteiger partial charge in [-0.1, -0.05) is 18.6 Å². The molecular formula is C17H19F3N2O3. The first-order valence-corrected chi connectivity index (χ1v) is 8.29. The molecule has 0 spiro atoms. The summed E-state index contributed by atoms with van der Waals surface area (Å²) in [4.78, 5) is 23.9. The summed E-state index contributed by atoms with van der Waals surface area (Å²) >= 11 is 0. The first-order chi connectivity index (χ1) is 11.8. The van der Waals surface area contributed by atoms with Gasteiger partial charge in [0.2, 0.25) is 5.91 Å². The van der Waals surface area contributed by atoms with E-state index < -0.39 is 23.9 Å². The number of halogens is 3. The molecule has 1 aliphatic carbocycles. The molecule has 1 N–H and O–H groups in total. The third kappa shape index (κ3) is 4.05. The summed E-state index contributed by atoms with van der Waals surface area (Å²) in [6.45, 7) is 0.122. The normalized spacial score (nSPS) is 21.4. The number of hydrogen-bond acceptors (Lipinski definition) is 3. The van der Waals surface area contributed by atoms with Gasteiger partial charge in [-0.25, -0.2) is 4.79 Å². The fourth-order valence-corrected chi connectivity index (χ4v) is 3.36. The first kappa shape index (κ1) is 17.6. The molecule has 2 atom stereocenters. The third-order valence-electron chi connectivity index (χ3n) is 4.64. The number of aryl methyl sites for hydroxylation is 1. The molecule has 0 bridgehead atoms. The fourth-order valence-electron chi connectivity index (χ4n) is 3.36. The van der Waals surface area contributed by atoms with Gasteiger partial charge in [0.05, 0.1) is 11.4 Å². The van der Waals surface area contributed by atoms with Crippen molar-refractivity contribution >= 4 is 17.0 Å². The molecule has 1 fully saturated rings. The van der Waals surface area contributed by atoms with Crippen LogP contribution in [0.4, 0.5) is 13.2 Å². The van der Waals surface area contributed by atoms with E-state index in [9.17, 15) is 22.8 Å². The van der Waals surface area contributed by atoms with Gasteiger partial charge in [0.25, 0.3) is 0 Å². The summed E-state index contributed by atoms with van der Waals surface area (Å²) in [6.07, 6.45) is -3.17. The molecule has 25 heavy (non-hydrogen) atoms. The van der Waals surface area contributed by atoms with Crippen LogP contribution in [0.2, 0.25) is 0 Å². The van der Waals surface area contributed by atoms with Crippen LogP contribution in [-0.2, 0) is 11.3 Å². The van der Waals surface area contributed by atoms with Crippen LogP contribution in [0, 0.1) is 5.92 Å². The van der Waals surface area contributed by atoms with Crippen molar-refractivity contribution in [1.82, 2.24) is 9.88 Å². The predicted octanol–water partition coefficient (Wildman–Crippen LogP) is 3.22. The molecule has 0 saturated heterocycles. The minimum absolute atomic E-state index is 0.0105. The number of amides is 1. The van der Waals surface area contributed by atoms with E-state index in [0.29, 0.717) is 23.9 Å². The average molecular weight is 356 g/mol. The zero-order chi connectivity index (χ0) is 18.0. The van der Waals surface area contributed by atoms with Gasteiger partial charge in [0, 0.05) is 19.0 Å². The molecule has 8 heteroatoms. The number of fused-ring (bicyclic) bond motifs is 1. The minimum atomic E-state index is -4.22. The van der Waals surface area contributed by atoms with Crippen molar-refractivity contribution in [1.29, 1.82) is 0 Å². The standard InChI is InChI=1S/C17H19F3N2O3/c18-17(19,20)11-4-3-5-12(10-11)21-15(23)8-9-22-13-6-1-2-7-14(13)25-16(22)24/h1-2,6-7,11-12H,3-5,8-10H2,(H,21,23)/t11-,12-/m1/s1. The van der Waals surface area contributed by atoms with Crippen molar-refractivity contribution in [3.63, 3.8) is 0 Å². The molecule has 2 aromatic rings. The lowest BCUT2D eigenvalue weighted by Gasteiger charge is -2.31. The zero-order valence-electron chi connectivity index (χ0n) is 13.5. The predicted molar refractivity (Wildman–Crippen MR) is 85.0 cm³/mol. The monoisotopic (exact) mass is 356 g/mol. The molecule has 1 aromatic heterocycles. The number of hydrogen-bond donors (Lipinski definition) is 1. The van der Waals surface area contributed by atoms with E-state index in [1.54, 1.807) is 24.3 Å². The number of rotatable bonds is 4. The van der Waals surface area contributed by atoms with Crippen LogP contribution in [0.3, 0.4) is 0 Å². The van der Waals surface area contributed by atoms with E-state index in [-0.39, 0.29) is 31.7 Å². The number of alkyl halides is 3. The molecule has 1 aliphatic rings. The highest BCUT2D eigenvalue weighted by Crippen LogP contribution is 2.37. The number of aromatic nitrogens is 1. The lowest BCUT2D eigenvalue weighted by atomic mass is 9.85.